The first-order valence-corrected chi connectivity index (χ1v) is 13.0. The number of esters is 1. The van der Waals surface area contributed by atoms with Crippen molar-refractivity contribution in [3.63, 3.8) is 0 Å². The van der Waals surface area contributed by atoms with Crippen molar-refractivity contribution in [2.75, 3.05) is 32.8 Å². The molecule has 206 valence electrons. The zero-order valence-electron chi connectivity index (χ0n) is 18.9. The number of rotatable bonds is 11. The number of amides is 1. The lowest BCUT2D eigenvalue weighted by atomic mass is 9.91. The SMILES string of the molecule is CCC(C)(C)C(=O)OCCCC(=O)N1CCN(S(=O)(=O)C(F)(F)C(F)(F)C(F)(F)S(=O)(=O)O)CC1. The van der Waals surface area contributed by atoms with E-state index in [4.69, 9.17) is 9.29 Å². The molecule has 0 radical (unpaired) electrons. The van der Waals surface area contributed by atoms with Crippen LogP contribution in [0.3, 0.4) is 0 Å². The second-order valence-corrected chi connectivity index (χ2v) is 11.8. The maximum absolute atomic E-state index is 14.1. The van der Waals surface area contributed by atoms with Gasteiger partial charge < -0.3 is 9.64 Å². The number of hydrogen-bond donors (Lipinski definition) is 1. The van der Waals surface area contributed by atoms with E-state index in [9.17, 15) is 52.8 Å². The predicted octanol–water partition coefficient (Wildman–Crippen LogP) is 1.93. The van der Waals surface area contributed by atoms with Gasteiger partial charge in [-0.2, -0.15) is 39.1 Å². The molecule has 0 saturated carbocycles. The Hall–Kier alpha value is -1.66. The third-order valence-electron chi connectivity index (χ3n) is 5.51. The van der Waals surface area contributed by atoms with Gasteiger partial charge in [0.05, 0.1) is 12.0 Å². The summed E-state index contributed by atoms with van der Waals surface area (Å²) < 4.78 is 140. The van der Waals surface area contributed by atoms with Gasteiger partial charge in [-0.25, -0.2) is 8.42 Å². The quantitative estimate of drug-likeness (QED) is 0.174. The molecule has 0 spiro atoms. The number of ether oxygens (including phenoxy) is 1. The first-order valence-electron chi connectivity index (χ1n) is 10.1. The van der Waals surface area contributed by atoms with Crippen LogP contribution in [0.4, 0.5) is 26.3 Å². The molecule has 1 amide bonds. The van der Waals surface area contributed by atoms with Crippen LogP contribution in [0.15, 0.2) is 0 Å². The maximum atomic E-state index is 14.1. The van der Waals surface area contributed by atoms with Crippen molar-refractivity contribution in [2.24, 2.45) is 5.41 Å². The number of piperazine rings is 1. The van der Waals surface area contributed by atoms with Crippen LogP contribution in [0.25, 0.3) is 0 Å². The van der Waals surface area contributed by atoms with Crippen molar-refractivity contribution in [1.82, 2.24) is 9.21 Å². The lowest BCUT2D eigenvalue weighted by molar-refractivity contribution is -0.247. The highest BCUT2D eigenvalue weighted by Crippen LogP contribution is 2.51. The third-order valence-corrected chi connectivity index (χ3v) is 8.37. The molecule has 35 heavy (non-hydrogen) atoms. The summed E-state index contributed by atoms with van der Waals surface area (Å²) in [6.07, 6.45) is 0.412. The number of halogens is 6. The van der Waals surface area contributed by atoms with E-state index < -0.39 is 80.0 Å². The Balaban J connectivity index is 2.78. The fraction of sp³-hybridized carbons (Fsp3) is 0.882. The number of sulfonamides is 1. The van der Waals surface area contributed by atoms with Gasteiger partial charge in [-0.1, -0.05) is 6.92 Å². The van der Waals surface area contributed by atoms with E-state index in [0.29, 0.717) is 6.42 Å². The summed E-state index contributed by atoms with van der Waals surface area (Å²) in [4.78, 5) is 25.1. The van der Waals surface area contributed by atoms with Crippen LogP contribution < -0.4 is 0 Å². The highest BCUT2D eigenvalue weighted by Gasteiger charge is 2.82. The van der Waals surface area contributed by atoms with Crippen LogP contribution in [-0.4, -0.2) is 91.7 Å². The standard InChI is InChI=1S/C17H26F6N2O8S2/c1-4-14(2,3)13(27)33-11-5-6-12(26)24-7-9-25(10-8-24)34(28,29)16(20,21)15(18,19)17(22,23)35(30,31)32/h4-11H2,1-3H3,(H,30,31,32). The zero-order valence-corrected chi connectivity index (χ0v) is 20.6. The minimum Gasteiger partial charge on any atom is -0.465 e. The minimum atomic E-state index is -7.11. The van der Waals surface area contributed by atoms with Gasteiger partial charge in [-0.3, -0.25) is 14.1 Å². The largest absolute Gasteiger partial charge is 0.465 e. The molecule has 0 aromatic carbocycles. The molecule has 1 saturated heterocycles. The Bertz CT molecular complexity index is 1010. The highest BCUT2D eigenvalue weighted by atomic mass is 32.2. The molecule has 1 aliphatic rings. The van der Waals surface area contributed by atoms with Gasteiger partial charge in [0.1, 0.15) is 0 Å². The van der Waals surface area contributed by atoms with E-state index >= 15 is 0 Å². The average molecular weight is 565 g/mol. The maximum Gasteiger partial charge on any atom is 0.439 e. The molecule has 1 fully saturated rings. The topological polar surface area (TPSA) is 138 Å². The number of carbonyl (C=O) groups excluding carboxylic acids is 2. The summed E-state index contributed by atoms with van der Waals surface area (Å²) in [7, 11) is -13.7. The van der Waals surface area contributed by atoms with E-state index in [1.165, 1.54) is 0 Å². The lowest BCUT2D eigenvalue weighted by Gasteiger charge is -2.38. The van der Waals surface area contributed by atoms with Crippen molar-refractivity contribution in [1.29, 1.82) is 0 Å². The predicted molar refractivity (Wildman–Crippen MR) is 108 cm³/mol. The molecule has 1 rings (SSSR count). The molecule has 10 nitrogen and oxygen atoms in total. The molecule has 0 unspecified atom stereocenters. The Labute approximate surface area is 198 Å². The summed E-state index contributed by atoms with van der Waals surface area (Å²) in [5.74, 6) is -8.10. The normalized spacial score (nSPS) is 17.4. The van der Waals surface area contributed by atoms with Crippen molar-refractivity contribution >= 4 is 32.0 Å². The molecule has 18 heteroatoms. The van der Waals surface area contributed by atoms with E-state index in [2.05, 4.69) is 0 Å². The number of carbonyl (C=O) groups is 2. The second-order valence-electron chi connectivity index (χ2n) is 8.34. The second kappa shape index (κ2) is 10.4. The van der Waals surface area contributed by atoms with Crippen LogP contribution in [-0.2, 0) is 34.5 Å². The van der Waals surface area contributed by atoms with Crippen molar-refractivity contribution in [3.8, 4) is 0 Å². The molecular weight excluding hydrogens is 538 g/mol. The summed E-state index contributed by atoms with van der Waals surface area (Å²) >= 11 is 0. The Morgan fingerprint density at radius 3 is 1.83 bits per heavy atom. The summed E-state index contributed by atoms with van der Waals surface area (Å²) in [6.45, 7) is 1.93. The molecule has 0 atom stereocenters. The van der Waals surface area contributed by atoms with Gasteiger partial charge in [0.25, 0.3) is 10.0 Å². The highest BCUT2D eigenvalue weighted by molar-refractivity contribution is 7.90. The average Bonchev–Trinajstić information content (AvgIpc) is 2.75. The Morgan fingerprint density at radius 1 is 0.914 bits per heavy atom. The molecule has 1 aliphatic heterocycles. The van der Waals surface area contributed by atoms with E-state index in [-0.39, 0.29) is 23.8 Å². The zero-order chi connectivity index (χ0) is 27.7. The molecule has 0 aliphatic carbocycles. The van der Waals surface area contributed by atoms with Gasteiger partial charge in [0.15, 0.2) is 0 Å². The monoisotopic (exact) mass is 564 g/mol. The summed E-state index contributed by atoms with van der Waals surface area (Å²) in [5, 5.41) is -13.4. The van der Waals surface area contributed by atoms with Crippen molar-refractivity contribution < 1.29 is 62.1 Å². The van der Waals surface area contributed by atoms with E-state index in [1.54, 1.807) is 20.8 Å². The fourth-order valence-corrected chi connectivity index (χ4v) is 4.66. The Kier molecular flexibility index (Phi) is 9.30. The molecule has 1 N–H and O–H groups in total. The lowest BCUT2D eigenvalue weighted by Crippen LogP contribution is -2.64. The van der Waals surface area contributed by atoms with E-state index in [1.807, 2.05) is 0 Å². The minimum absolute atomic E-state index is 0.0812. The molecule has 0 aromatic heterocycles. The molecule has 1 heterocycles. The number of alkyl halides is 6. The van der Waals surface area contributed by atoms with Crippen LogP contribution in [0.5, 0.6) is 0 Å². The summed E-state index contributed by atoms with van der Waals surface area (Å²) in [6, 6.07) is 0. The Morgan fingerprint density at radius 2 is 1.40 bits per heavy atom. The number of nitrogens with zero attached hydrogens (tertiary/aromatic N) is 2. The van der Waals surface area contributed by atoms with Crippen LogP contribution in [0.1, 0.15) is 40.0 Å². The van der Waals surface area contributed by atoms with Crippen LogP contribution in [0, 0.1) is 5.41 Å². The van der Waals surface area contributed by atoms with E-state index in [0.717, 1.165) is 4.90 Å². The fourth-order valence-electron chi connectivity index (χ4n) is 2.72. The number of hydrogen-bond acceptors (Lipinski definition) is 7. The van der Waals surface area contributed by atoms with Gasteiger partial charge in [-0.05, 0) is 26.7 Å². The van der Waals surface area contributed by atoms with Gasteiger partial charge in [0, 0.05) is 32.6 Å². The third kappa shape index (κ3) is 6.02. The molecule has 0 bridgehead atoms. The van der Waals surface area contributed by atoms with Crippen LogP contribution in [0.2, 0.25) is 0 Å². The van der Waals surface area contributed by atoms with Gasteiger partial charge >= 0.3 is 32.5 Å². The molecule has 0 aromatic rings. The summed E-state index contributed by atoms with van der Waals surface area (Å²) in [5.41, 5.74) is -0.726. The van der Waals surface area contributed by atoms with Gasteiger partial charge in [-0.15, -0.1) is 0 Å². The van der Waals surface area contributed by atoms with Crippen molar-refractivity contribution in [3.05, 3.63) is 0 Å². The van der Waals surface area contributed by atoms with Crippen molar-refractivity contribution in [2.45, 2.75) is 56.5 Å². The first-order chi connectivity index (χ1) is 15.6. The van der Waals surface area contributed by atoms with Gasteiger partial charge in [0.2, 0.25) is 5.91 Å². The first kappa shape index (κ1) is 31.4. The van der Waals surface area contributed by atoms with Crippen LogP contribution >= 0.6 is 0 Å². The smallest absolute Gasteiger partial charge is 0.439 e. The molecular formula is C17H26F6N2O8S2.